The maximum absolute atomic E-state index is 12.2. The lowest BCUT2D eigenvalue weighted by Crippen LogP contribution is -2.49. The molecule has 0 saturated carbocycles. The topological polar surface area (TPSA) is 90.5 Å². The third kappa shape index (κ3) is 2.17. The van der Waals surface area contributed by atoms with Crippen molar-refractivity contribution in [1.29, 1.82) is 0 Å². The van der Waals surface area contributed by atoms with Crippen LogP contribution >= 0.6 is 0 Å². The van der Waals surface area contributed by atoms with E-state index in [9.17, 15) is 14.4 Å². The maximum Gasteiger partial charge on any atom is 0.325 e. The zero-order valence-electron chi connectivity index (χ0n) is 10.6. The van der Waals surface area contributed by atoms with Crippen LogP contribution in [-0.2, 0) is 9.59 Å². The van der Waals surface area contributed by atoms with Crippen LogP contribution in [0.2, 0.25) is 0 Å². The largest absolute Gasteiger partial charge is 0.352 e. The quantitative estimate of drug-likeness (QED) is 0.551. The summed E-state index contributed by atoms with van der Waals surface area (Å²) in [7, 11) is 0. The van der Waals surface area contributed by atoms with Crippen LogP contribution in [0.5, 0.6) is 0 Å². The van der Waals surface area contributed by atoms with Crippen molar-refractivity contribution in [2.75, 3.05) is 19.6 Å². The second kappa shape index (κ2) is 4.56. The molecule has 2 heterocycles. The number of nitrogens with zero attached hydrogens (tertiary/aromatic N) is 1. The number of nitrogens with one attached hydrogen (secondary N) is 3. The molecule has 0 aromatic rings. The standard InChI is InChI=1S/C11H18N4O3/c1-7(2)13-8(16)5-15-9(17)11(14-10(15)18)3-4-12-6-11/h7,12H,3-6H2,1-2H3,(H,13,16)(H,14,18). The molecule has 2 saturated heterocycles. The molecule has 1 unspecified atom stereocenters. The first kappa shape index (κ1) is 12.8. The third-order valence-corrected chi connectivity index (χ3v) is 3.15. The molecule has 4 amide bonds. The van der Waals surface area contributed by atoms with Gasteiger partial charge in [0.05, 0.1) is 0 Å². The minimum atomic E-state index is -0.838. The molecule has 2 aliphatic rings. The van der Waals surface area contributed by atoms with E-state index in [1.54, 1.807) is 0 Å². The first-order valence-electron chi connectivity index (χ1n) is 6.09. The van der Waals surface area contributed by atoms with Gasteiger partial charge in [0.2, 0.25) is 5.91 Å². The molecule has 2 fully saturated rings. The number of imide groups is 1. The summed E-state index contributed by atoms with van der Waals surface area (Å²) in [5.74, 6) is -0.632. The first-order valence-corrected chi connectivity index (χ1v) is 6.09. The van der Waals surface area contributed by atoms with E-state index in [0.29, 0.717) is 19.5 Å². The van der Waals surface area contributed by atoms with Crippen molar-refractivity contribution in [1.82, 2.24) is 20.9 Å². The van der Waals surface area contributed by atoms with Gasteiger partial charge in [-0.1, -0.05) is 0 Å². The summed E-state index contributed by atoms with van der Waals surface area (Å²) < 4.78 is 0. The van der Waals surface area contributed by atoms with E-state index in [4.69, 9.17) is 0 Å². The van der Waals surface area contributed by atoms with Crippen LogP contribution in [0.3, 0.4) is 0 Å². The Labute approximate surface area is 105 Å². The van der Waals surface area contributed by atoms with Gasteiger partial charge in [0.1, 0.15) is 12.1 Å². The van der Waals surface area contributed by atoms with Gasteiger partial charge in [0.15, 0.2) is 0 Å². The summed E-state index contributed by atoms with van der Waals surface area (Å²) in [6.45, 7) is 4.56. The van der Waals surface area contributed by atoms with Gasteiger partial charge in [-0.15, -0.1) is 0 Å². The smallest absolute Gasteiger partial charge is 0.325 e. The lowest BCUT2D eigenvalue weighted by atomic mass is 9.99. The average Bonchev–Trinajstić information content (AvgIpc) is 2.80. The van der Waals surface area contributed by atoms with E-state index in [0.717, 1.165) is 4.90 Å². The number of amides is 4. The normalized spacial score (nSPS) is 27.2. The van der Waals surface area contributed by atoms with Crippen LogP contribution < -0.4 is 16.0 Å². The molecule has 0 bridgehead atoms. The van der Waals surface area contributed by atoms with Gasteiger partial charge in [-0.05, 0) is 26.8 Å². The van der Waals surface area contributed by atoms with Crippen molar-refractivity contribution < 1.29 is 14.4 Å². The molecule has 0 radical (unpaired) electrons. The fourth-order valence-corrected chi connectivity index (χ4v) is 2.31. The van der Waals surface area contributed by atoms with E-state index >= 15 is 0 Å². The third-order valence-electron chi connectivity index (χ3n) is 3.15. The number of hydrogen-bond acceptors (Lipinski definition) is 4. The molecule has 18 heavy (non-hydrogen) atoms. The molecule has 3 N–H and O–H groups in total. The lowest BCUT2D eigenvalue weighted by molar-refractivity contribution is -0.134. The zero-order chi connectivity index (χ0) is 13.3. The average molecular weight is 254 g/mol. The Balaban J connectivity index is 2.03. The second-order valence-electron chi connectivity index (χ2n) is 5.05. The Morgan fingerprint density at radius 3 is 2.78 bits per heavy atom. The van der Waals surface area contributed by atoms with Crippen LogP contribution in [-0.4, -0.2) is 54.0 Å². The number of hydrogen-bond donors (Lipinski definition) is 3. The van der Waals surface area contributed by atoms with Crippen molar-refractivity contribution in [3.8, 4) is 0 Å². The summed E-state index contributed by atoms with van der Waals surface area (Å²) in [4.78, 5) is 36.5. The van der Waals surface area contributed by atoms with Gasteiger partial charge in [-0.25, -0.2) is 4.79 Å². The van der Waals surface area contributed by atoms with Crippen molar-refractivity contribution in [2.24, 2.45) is 0 Å². The van der Waals surface area contributed by atoms with Gasteiger partial charge in [-0.2, -0.15) is 0 Å². The number of carbonyl (C=O) groups excluding carboxylic acids is 3. The summed E-state index contributed by atoms with van der Waals surface area (Å²) in [5.41, 5.74) is -0.838. The van der Waals surface area contributed by atoms with Crippen molar-refractivity contribution in [2.45, 2.75) is 31.8 Å². The fourth-order valence-electron chi connectivity index (χ4n) is 2.31. The maximum atomic E-state index is 12.2. The molecule has 7 nitrogen and oxygen atoms in total. The second-order valence-corrected chi connectivity index (χ2v) is 5.05. The highest BCUT2D eigenvalue weighted by atomic mass is 16.2. The van der Waals surface area contributed by atoms with E-state index in [1.807, 2.05) is 13.8 Å². The van der Waals surface area contributed by atoms with Crippen LogP contribution in [0, 0.1) is 0 Å². The Hall–Kier alpha value is -1.63. The summed E-state index contributed by atoms with van der Waals surface area (Å²) in [6.07, 6.45) is 0.569. The number of rotatable bonds is 3. The Bertz CT molecular complexity index is 388. The van der Waals surface area contributed by atoms with Crippen LogP contribution in [0.25, 0.3) is 0 Å². The van der Waals surface area contributed by atoms with Gasteiger partial charge in [-0.3, -0.25) is 14.5 Å². The molecule has 7 heteroatoms. The number of urea groups is 1. The monoisotopic (exact) mass is 254 g/mol. The lowest BCUT2D eigenvalue weighted by Gasteiger charge is -2.19. The molecular formula is C11H18N4O3. The van der Waals surface area contributed by atoms with Gasteiger partial charge in [0.25, 0.3) is 5.91 Å². The Morgan fingerprint density at radius 1 is 1.50 bits per heavy atom. The van der Waals surface area contributed by atoms with E-state index in [1.165, 1.54) is 0 Å². The van der Waals surface area contributed by atoms with E-state index in [2.05, 4.69) is 16.0 Å². The van der Waals surface area contributed by atoms with Crippen LogP contribution in [0.4, 0.5) is 4.79 Å². The van der Waals surface area contributed by atoms with Crippen molar-refractivity contribution in [3.05, 3.63) is 0 Å². The summed E-state index contributed by atoms with van der Waals surface area (Å²) >= 11 is 0. The SMILES string of the molecule is CC(C)NC(=O)CN1C(=O)NC2(CCNC2)C1=O. The van der Waals surface area contributed by atoms with Crippen molar-refractivity contribution >= 4 is 17.8 Å². The highest BCUT2D eigenvalue weighted by molar-refractivity contribution is 6.09. The minimum Gasteiger partial charge on any atom is -0.352 e. The minimum absolute atomic E-state index is 0.0135. The van der Waals surface area contributed by atoms with E-state index in [-0.39, 0.29) is 24.4 Å². The summed E-state index contributed by atoms with van der Waals surface area (Å²) in [6, 6.07) is -0.497. The molecule has 1 spiro atoms. The zero-order valence-corrected chi connectivity index (χ0v) is 10.6. The fraction of sp³-hybridized carbons (Fsp3) is 0.727. The van der Waals surface area contributed by atoms with Gasteiger partial charge in [0, 0.05) is 12.6 Å². The molecule has 2 rings (SSSR count). The highest BCUT2D eigenvalue weighted by Gasteiger charge is 2.52. The molecule has 0 aromatic carbocycles. The summed E-state index contributed by atoms with van der Waals surface area (Å²) in [5, 5.41) is 8.39. The van der Waals surface area contributed by atoms with Crippen molar-refractivity contribution in [3.63, 3.8) is 0 Å². The Morgan fingerprint density at radius 2 is 2.22 bits per heavy atom. The predicted molar refractivity (Wildman–Crippen MR) is 63.7 cm³/mol. The van der Waals surface area contributed by atoms with Gasteiger partial charge < -0.3 is 16.0 Å². The number of carbonyl (C=O) groups is 3. The predicted octanol–water partition coefficient (Wildman–Crippen LogP) is -1.21. The van der Waals surface area contributed by atoms with Crippen LogP contribution in [0.1, 0.15) is 20.3 Å². The van der Waals surface area contributed by atoms with Crippen LogP contribution in [0.15, 0.2) is 0 Å². The molecular weight excluding hydrogens is 236 g/mol. The van der Waals surface area contributed by atoms with E-state index < -0.39 is 11.6 Å². The molecule has 2 aliphatic heterocycles. The molecule has 0 aromatic heterocycles. The molecule has 100 valence electrons. The highest BCUT2D eigenvalue weighted by Crippen LogP contribution is 2.23. The Kier molecular flexibility index (Phi) is 3.25. The first-order chi connectivity index (χ1) is 8.44. The van der Waals surface area contributed by atoms with Gasteiger partial charge >= 0.3 is 6.03 Å². The molecule has 1 atom stereocenters. The molecule has 0 aliphatic carbocycles.